The molecule has 3 nitrogen and oxygen atoms in total. The first-order valence-corrected chi connectivity index (χ1v) is 6.88. The van der Waals surface area contributed by atoms with Gasteiger partial charge in [0.2, 0.25) is 0 Å². The Morgan fingerprint density at radius 2 is 2.16 bits per heavy atom. The fraction of sp³-hybridized carbons (Fsp3) is 0.438. The molecule has 0 spiro atoms. The van der Waals surface area contributed by atoms with Crippen LogP contribution in [0.1, 0.15) is 30.9 Å². The van der Waals surface area contributed by atoms with E-state index in [0.717, 1.165) is 18.6 Å². The van der Waals surface area contributed by atoms with E-state index in [-0.39, 0.29) is 5.91 Å². The van der Waals surface area contributed by atoms with Crippen molar-refractivity contribution in [3.8, 4) is 5.75 Å². The van der Waals surface area contributed by atoms with Gasteiger partial charge < -0.3 is 10.1 Å². The maximum Gasteiger partial charge on any atom is 0.261 e. The van der Waals surface area contributed by atoms with Crippen molar-refractivity contribution in [1.82, 2.24) is 5.32 Å². The van der Waals surface area contributed by atoms with Gasteiger partial charge in [-0.05, 0) is 55.9 Å². The lowest BCUT2D eigenvalue weighted by molar-refractivity contribution is -0.127. The maximum atomic E-state index is 11.7. The summed E-state index contributed by atoms with van der Waals surface area (Å²) in [5.74, 6) is 0.666. The van der Waals surface area contributed by atoms with Crippen LogP contribution in [0, 0.1) is 0 Å². The van der Waals surface area contributed by atoms with Crippen LogP contribution in [0.2, 0.25) is 0 Å². The molecule has 1 aliphatic rings. The van der Waals surface area contributed by atoms with Gasteiger partial charge in [0.1, 0.15) is 5.75 Å². The minimum Gasteiger partial charge on any atom is -0.481 e. The van der Waals surface area contributed by atoms with Crippen molar-refractivity contribution < 1.29 is 9.53 Å². The van der Waals surface area contributed by atoms with Gasteiger partial charge in [-0.25, -0.2) is 0 Å². The molecule has 102 valence electrons. The van der Waals surface area contributed by atoms with Gasteiger partial charge in [-0.15, -0.1) is 6.58 Å². The van der Waals surface area contributed by atoms with Crippen LogP contribution >= 0.6 is 0 Å². The van der Waals surface area contributed by atoms with Gasteiger partial charge >= 0.3 is 0 Å². The number of amides is 1. The van der Waals surface area contributed by atoms with Crippen LogP contribution < -0.4 is 10.1 Å². The van der Waals surface area contributed by atoms with E-state index in [0.29, 0.717) is 6.54 Å². The normalized spacial score (nSPS) is 15.2. The van der Waals surface area contributed by atoms with Crippen molar-refractivity contribution in [2.24, 2.45) is 0 Å². The molecule has 0 unspecified atom stereocenters. The average Bonchev–Trinajstić information content (AvgIpc) is 2.44. The van der Waals surface area contributed by atoms with E-state index in [1.807, 2.05) is 6.07 Å². The van der Waals surface area contributed by atoms with Crippen molar-refractivity contribution in [3.05, 3.63) is 42.0 Å². The number of fused-ring (bicyclic) bond motifs is 1. The fourth-order valence-electron chi connectivity index (χ4n) is 2.36. The van der Waals surface area contributed by atoms with Crippen LogP contribution in [-0.2, 0) is 17.6 Å². The van der Waals surface area contributed by atoms with Gasteiger partial charge in [-0.1, -0.05) is 12.1 Å². The number of nitrogens with one attached hydrogen (secondary N) is 1. The molecule has 0 saturated heterocycles. The second kappa shape index (κ2) is 6.41. The lowest BCUT2D eigenvalue weighted by Crippen LogP contribution is -2.36. The Hall–Kier alpha value is -1.77. The van der Waals surface area contributed by atoms with E-state index in [1.54, 1.807) is 13.0 Å². The molecule has 2 rings (SSSR count). The summed E-state index contributed by atoms with van der Waals surface area (Å²) >= 11 is 0. The Kier molecular flexibility index (Phi) is 4.61. The van der Waals surface area contributed by atoms with E-state index < -0.39 is 6.10 Å². The molecule has 1 N–H and O–H groups in total. The Morgan fingerprint density at radius 3 is 2.89 bits per heavy atom. The van der Waals surface area contributed by atoms with Gasteiger partial charge in [0, 0.05) is 6.54 Å². The molecule has 0 saturated carbocycles. The SMILES string of the molecule is C=CCNC(=O)[C@@H](C)Oc1ccc2c(c1)CCCC2. The van der Waals surface area contributed by atoms with Gasteiger partial charge in [-0.2, -0.15) is 0 Å². The summed E-state index contributed by atoms with van der Waals surface area (Å²) < 4.78 is 5.69. The fourth-order valence-corrected chi connectivity index (χ4v) is 2.36. The zero-order valence-electron chi connectivity index (χ0n) is 11.4. The van der Waals surface area contributed by atoms with Crippen molar-refractivity contribution in [2.75, 3.05) is 6.54 Å². The number of benzene rings is 1. The third-order valence-corrected chi connectivity index (χ3v) is 3.42. The largest absolute Gasteiger partial charge is 0.481 e. The van der Waals surface area contributed by atoms with E-state index in [9.17, 15) is 4.79 Å². The van der Waals surface area contributed by atoms with E-state index in [1.165, 1.54) is 24.0 Å². The van der Waals surface area contributed by atoms with E-state index in [4.69, 9.17) is 4.74 Å². The maximum absolute atomic E-state index is 11.7. The van der Waals surface area contributed by atoms with Crippen LogP contribution in [0.4, 0.5) is 0 Å². The average molecular weight is 259 g/mol. The van der Waals surface area contributed by atoms with Crippen molar-refractivity contribution in [3.63, 3.8) is 0 Å². The molecule has 1 amide bonds. The summed E-state index contributed by atoms with van der Waals surface area (Å²) in [5, 5.41) is 2.73. The van der Waals surface area contributed by atoms with Gasteiger partial charge in [0.25, 0.3) is 5.91 Å². The van der Waals surface area contributed by atoms with Crippen molar-refractivity contribution in [1.29, 1.82) is 0 Å². The predicted molar refractivity (Wildman–Crippen MR) is 76.4 cm³/mol. The molecule has 1 aromatic carbocycles. The summed E-state index contributed by atoms with van der Waals surface area (Å²) in [5.41, 5.74) is 2.78. The minimum atomic E-state index is -0.485. The molecular weight excluding hydrogens is 238 g/mol. The monoisotopic (exact) mass is 259 g/mol. The summed E-state index contributed by atoms with van der Waals surface area (Å²) in [4.78, 5) is 11.7. The first-order chi connectivity index (χ1) is 9.20. The Morgan fingerprint density at radius 1 is 1.42 bits per heavy atom. The molecule has 0 aliphatic heterocycles. The Labute approximate surface area is 114 Å². The van der Waals surface area contributed by atoms with E-state index in [2.05, 4.69) is 24.0 Å². The highest BCUT2D eigenvalue weighted by Crippen LogP contribution is 2.25. The molecule has 0 radical (unpaired) electrons. The quantitative estimate of drug-likeness (QED) is 0.826. The Balaban J connectivity index is 1.98. The van der Waals surface area contributed by atoms with Gasteiger partial charge in [-0.3, -0.25) is 4.79 Å². The van der Waals surface area contributed by atoms with Crippen LogP contribution in [0.25, 0.3) is 0 Å². The third kappa shape index (κ3) is 3.60. The molecular formula is C16H21NO2. The number of carbonyl (C=O) groups excluding carboxylic acids is 1. The lowest BCUT2D eigenvalue weighted by Gasteiger charge is -2.19. The molecule has 1 atom stereocenters. The van der Waals surface area contributed by atoms with Gasteiger partial charge in [0.05, 0.1) is 0 Å². The number of rotatable bonds is 5. The number of ether oxygens (including phenoxy) is 1. The lowest BCUT2D eigenvalue weighted by atomic mass is 9.92. The molecule has 0 bridgehead atoms. The molecule has 0 fully saturated rings. The smallest absolute Gasteiger partial charge is 0.261 e. The molecule has 1 aliphatic carbocycles. The standard InChI is InChI=1S/C16H21NO2/c1-3-10-17-16(18)12(2)19-15-9-8-13-6-4-5-7-14(13)11-15/h3,8-9,11-12H,1,4-7,10H2,2H3,(H,17,18)/t12-/m1/s1. The number of hydrogen-bond acceptors (Lipinski definition) is 2. The minimum absolute atomic E-state index is 0.113. The molecule has 19 heavy (non-hydrogen) atoms. The van der Waals surface area contributed by atoms with Crippen molar-refractivity contribution >= 4 is 5.91 Å². The first-order valence-electron chi connectivity index (χ1n) is 6.88. The Bertz CT molecular complexity index is 468. The third-order valence-electron chi connectivity index (χ3n) is 3.42. The highest BCUT2D eigenvalue weighted by molar-refractivity contribution is 5.80. The van der Waals surface area contributed by atoms with Gasteiger partial charge in [0.15, 0.2) is 6.10 Å². The first kappa shape index (κ1) is 13.7. The second-order valence-corrected chi connectivity index (χ2v) is 4.93. The zero-order chi connectivity index (χ0) is 13.7. The highest BCUT2D eigenvalue weighted by Gasteiger charge is 2.15. The molecule has 1 aromatic rings. The topological polar surface area (TPSA) is 38.3 Å². The summed E-state index contributed by atoms with van der Waals surface area (Å²) in [6.45, 7) is 5.80. The highest BCUT2D eigenvalue weighted by atomic mass is 16.5. The van der Waals surface area contributed by atoms with Crippen LogP contribution in [0.3, 0.4) is 0 Å². The number of aryl methyl sites for hydroxylation is 2. The van der Waals surface area contributed by atoms with Crippen LogP contribution in [-0.4, -0.2) is 18.6 Å². The molecule has 3 heteroatoms. The summed E-state index contributed by atoms with van der Waals surface area (Å²) in [7, 11) is 0. The molecule has 0 heterocycles. The summed E-state index contributed by atoms with van der Waals surface area (Å²) in [6, 6.07) is 6.16. The van der Waals surface area contributed by atoms with Crippen LogP contribution in [0.5, 0.6) is 5.75 Å². The zero-order valence-corrected chi connectivity index (χ0v) is 11.4. The molecule has 0 aromatic heterocycles. The predicted octanol–water partition coefficient (Wildman–Crippen LogP) is 2.63. The van der Waals surface area contributed by atoms with Crippen LogP contribution in [0.15, 0.2) is 30.9 Å². The summed E-state index contributed by atoms with van der Waals surface area (Å²) in [6.07, 6.45) is 5.96. The second-order valence-electron chi connectivity index (χ2n) is 4.93. The number of carbonyl (C=O) groups is 1. The van der Waals surface area contributed by atoms with E-state index >= 15 is 0 Å². The van der Waals surface area contributed by atoms with Crippen molar-refractivity contribution in [2.45, 2.75) is 38.7 Å². The number of hydrogen-bond donors (Lipinski definition) is 1.